The van der Waals surface area contributed by atoms with Crippen molar-refractivity contribution in [3.63, 3.8) is 0 Å². The number of ether oxygens (including phenoxy) is 1. The third-order valence-electron chi connectivity index (χ3n) is 3.51. The average molecular weight is 220 g/mol. The molecule has 1 N–H and O–H groups in total. The van der Waals surface area contributed by atoms with Crippen molar-refractivity contribution in [1.82, 2.24) is 0 Å². The number of aliphatic hydroxyl groups is 1. The number of benzene rings is 1. The van der Waals surface area contributed by atoms with E-state index in [1.54, 1.807) is 7.11 Å². The van der Waals surface area contributed by atoms with Crippen LogP contribution in [0.2, 0.25) is 0 Å². The van der Waals surface area contributed by atoms with Crippen molar-refractivity contribution in [1.29, 1.82) is 0 Å². The first-order valence-corrected chi connectivity index (χ1v) is 6.11. The van der Waals surface area contributed by atoms with E-state index in [-0.39, 0.29) is 6.10 Å². The zero-order valence-electron chi connectivity index (χ0n) is 9.86. The van der Waals surface area contributed by atoms with Gasteiger partial charge in [0.25, 0.3) is 0 Å². The van der Waals surface area contributed by atoms with E-state index >= 15 is 0 Å². The topological polar surface area (TPSA) is 29.5 Å². The maximum Gasteiger partial charge on any atom is 0.119 e. The van der Waals surface area contributed by atoms with Gasteiger partial charge < -0.3 is 9.84 Å². The Kier molecular flexibility index (Phi) is 3.83. The van der Waals surface area contributed by atoms with Crippen molar-refractivity contribution >= 4 is 0 Å². The highest BCUT2D eigenvalue weighted by molar-refractivity contribution is 5.29. The number of rotatable bonds is 4. The van der Waals surface area contributed by atoms with E-state index in [1.807, 2.05) is 24.3 Å². The van der Waals surface area contributed by atoms with Gasteiger partial charge in [0.15, 0.2) is 0 Å². The predicted octanol–water partition coefficient (Wildman–Crippen LogP) is 3.31. The molecular formula is C14H20O2. The van der Waals surface area contributed by atoms with Gasteiger partial charge in [-0.2, -0.15) is 0 Å². The van der Waals surface area contributed by atoms with E-state index in [1.165, 1.54) is 25.7 Å². The molecular weight excluding hydrogens is 200 g/mol. The summed E-state index contributed by atoms with van der Waals surface area (Å²) in [6.07, 6.45) is 5.78. The maximum atomic E-state index is 10.1. The Bertz CT molecular complexity index is 329. The van der Waals surface area contributed by atoms with Gasteiger partial charge >= 0.3 is 0 Å². The quantitative estimate of drug-likeness (QED) is 0.843. The lowest BCUT2D eigenvalue weighted by atomic mass is 9.96. The molecule has 1 atom stereocenters. The van der Waals surface area contributed by atoms with Crippen LogP contribution in [-0.2, 0) is 0 Å². The number of methoxy groups -OCH3 is 1. The highest BCUT2D eigenvalue weighted by Crippen LogP contribution is 2.33. The van der Waals surface area contributed by atoms with E-state index in [9.17, 15) is 5.11 Å². The van der Waals surface area contributed by atoms with Crippen LogP contribution in [0.5, 0.6) is 5.75 Å². The Morgan fingerprint density at radius 3 is 2.81 bits per heavy atom. The van der Waals surface area contributed by atoms with E-state index in [2.05, 4.69) is 0 Å². The van der Waals surface area contributed by atoms with Gasteiger partial charge in [0, 0.05) is 0 Å². The molecule has 2 heteroatoms. The summed E-state index contributed by atoms with van der Waals surface area (Å²) >= 11 is 0. The molecule has 1 aromatic carbocycles. The van der Waals surface area contributed by atoms with Gasteiger partial charge in [0.2, 0.25) is 0 Å². The molecule has 88 valence electrons. The van der Waals surface area contributed by atoms with Gasteiger partial charge in [-0.15, -0.1) is 0 Å². The van der Waals surface area contributed by atoms with E-state index in [4.69, 9.17) is 4.74 Å². The van der Waals surface area contributed by atoms with E-state index < -0.39 is 0 Å². The Hall–Kier alpha value is -1.02. The summed E-state index contributed by atoms with van der Waals surface area (Å²) in [5.74, 6) is 1.53. The summed E-state index contributed by atoms with van der Waals surface area (Å²) < 4.78 is 5.16. The minimum atomic E-state index is -0.335. The third-order valence-corrected chi connectivity index (χ3v) is 3.51. The van der Waals surface area contributed by atoms with Crippen LogP contribution in [0, 0.1) is 5.92 Å². The standard InChI is InChI=1S/C14H20O2/c1-16-13-8-4-7-12(10-13)14(15)9-11-5-2-3-6-11/h4,7-8,10-11,14-15H,2-3,5-6,9H2,1H3. The van der Waals surface area contributed by atoms with Crippen LogP contribution >= 0.6 is 0 Å². The molecule has 0 aromatic heterocycles. The lowest BCUT2D eigenvalue weighted by molar-refractivity contribution is 0.144. The van der Waals surface area contributed by atoms with Crippen LogP contribution in [0.25, 0.3) is 0 Å². The molecule has 1 aliphatic rings. The number of aliphatic hydroxyl groups excluding tert-OH is 1. The largest absolute Gasteiger partial charge is 0.497 e. The van der Waals surface area contributed by atoms with E-state index in [0.29, 0.717) is 5.92 Å². The molecule has 0 aliphatic heterocycles. The van der Waals surface area contributed by atoms with Crippen LogP contribution < -0.4 is 4.74 Å². The first-order chi connectivity index (χ1) is 7.79. The summed E-state index contributed by atoms with van der Waals surface area (Å²) in [6, 6.07) is 7.75. The minimum Gasteiger partial charge on any atom is -0.497 e. The van der Waals surface area contributed by atoms with Gasteiger partial charge in [-0.1, -0.05) is 37.8 Å². The first kappa shape index (κ1) is 11.5. The molecule has 0 heterocycles. The number of hydrogen-bond acceptors (Lipinski definition) is 2. The van der Waals surface area contributed by atoms with Gasteiger partial charge in [0.05, 0.1) is 13.2 Å². The summed E-state index contributed by atoms with van der Waals surface area (Å²) in [4.78, 5) is 0. The smallest absolute Gasteiger partial charge is 0.119 e. The molecule has 1 fully saturated rings. The minimum absolute atomic E-state index is 0.335. The Morgan fingerprint density at radius 2 is 2.12 bits per heavy atom. The second-order valence-corrected chi connectivity index (χ2v) is 4.68. The van der Waals surface area contributed by atoms with Crippen molar-refractivity contribution in [2.45, 2.75) is 38.2 Å². The molecule has 1 aliphatic carbocycles. The fourth-order valence-electron chi connectivity index (χ4n) is 2.55. The Labute approximate surface area is 97.3 Å². The second-order valence-electron chi connectivity index (χ2n) is 4.68. The van der Waals surface area contributed by atoms with Crippen molar-refractivity contribution in [2.24, 2.45) is 5.92 Å². The Balaban J connectivity index is 1.98. The van der Waals surface area contributed by atoms with Crippen LogP contribution in [-0.4, -0.2) is 12.2 Å². The first-order valence-electron chi connectivity index (χ1n) is 6.11. The predicted molar refractivity (Wildman–Crippen MR) is 64.5 cm³/mol. The van der Waals surface area contributed by atoms with E-state index in [0.717, 1.165) is 17.7 Å². The van der Waals surface area contributed by atoms with Crippen molar-refractivity contribution in [3.8, 4) is 5.75 Å². The fourth-order valence-corrected chi connectivity index (χ4v) is 2.55. The lowest BCUT2D eigenvalue weighted by Crippen LogP contribution is -2.04. The normalized spacial score (nSPS) is 18.6. The monoisotopic (exact) mass is 220 g/mol. The molecule has 0 radical (unpaired) electrons. The fraction of sp³-hybridized carbons (Fsp3) is 0.571. The summed E-state index contributed by atoms with van der Waals surface area (Å²) in [7, 11) is 1.66. The van der Waals surface area contributed by atoms with Crippen LogP contribution in [0.15, 0.2) is 24.3 Å². The lowest BCUT2D eigenvalue weighted by Gasteiger charge is -2.16. The van der Waals surface area contributed by atoms with Gasteiger partial charge in [-0.05, 0) is 30.0 Å². The summed E-state index contributed by atoms with van der Waals surface area (Å²) in [5.41, 5.74) is 0.978. The maximum absolute atomic E-state index is 10.1. The van der Waals surface area contributed by atoms with Gasteiger partial charge in [-0.25, -0.2) is 0 Å². The SMILES string of the molecule is COc1cccc(C(O)CC2CCCC2)c1. The van der Waals surface area contributed by atoms with Gasteiger partial charge in [0.1, 0.15) is 5.75 Å². The molecule has 1 aromatic rings. The molecule has 16 heavy (non-hydrogen) atoms. The molecule has 2 rings (SSSR count). The van der Waals surface area contributed by atoms with Crippen molar-refractivity contribution in [2.75, 3.05) is 7.11 Å². The summed E-state index contributed by atoms with van der Waals surface area (Å²) in [5, 5.41) is 10.1. The van der Waals surface area contributed by atoms with Crippen LogP contribution in [0.1, 0.15) is 43.8 Å². The van der Waals surface area contributed by atoms with Crippen molar-refractivity contribution in [3.05, 3.63) is 29.8 Å². The second kappa shape index (κ2) is 5.35. The number of hydrogen-bond donors (Lipinski definition) is 1. The average Bonchev–Trinajstić information content (AvgIpc) is 2.82. The van der Waals surface area contributed by atoms with Gasteiger partial charge in [-0.3, -0.25) is 0 Å². The molecule has 2 nitrogen and oxygen atoms in total. The Morgan fingerprint density at radius 1 is 1.38 bits per heavy atom. The summed E-state index contributed by atoms with van der Waals surface area (Å²) in [6.45, 7) is 0. The molecule has 1 unspecified atom stereocenters. The molecule has 0 bridgehead atoms. The zero-order chi connectivity index (χ0) is 11.4. The molecule has 1 saturated carbocycles. The highest BCUT2D eigenvalue weighted by Gasteiger charge is 2.19. The van der Waals surface area contributed by atoms with Crippen LogP contribution in [0.3, 0.4) is 0 Å². The molecule has 0 saturated heterocycles. The zero-order valence-corrected chi connectivity index (χ0v) is 9.86. The molecule has 0 amide bonds. The third kappa shape index (κ3) is 2.76. The highest BCUT2D eigenvalue weighted by atomic mass is 16.5. The molecule has 0 spiro atoms. The van der Waals surface area contributed by atoms with Crippen LogP contribution in [0.4, 0.5) is 0 Å². The van der Waals surface area contributed by atoms with Crippen molar-refractivity contribution < 1.29 is 9.84 Å².